The fourth-order valence-corrected chi connectivity index (χ4v) is 1.85. The van der Waals surface area contributed by atoms with Crippen LogP contribution in [0.25, 0.3) is 0 Å². The van der Waals surface area contributed by atoms with E-state index in [4.69, 9.17) is 11.2 Å². The lowest BCUT2D eigenvalue weighted by atomic mass is 9.90. The van der Waals surface area contributed by atoms with Crippen molar-refractivity contribution in [3.8, 4) is 0 Å². The van der Waals surface area contributed by atoms with Crippen LogP contribution >= 0.6 is 0 Å². The zero-order valence-corrected chi connectivity index (χ0v) is 9.33. The molecule has 2 nitrogen and oxygen atoms in total. The predicted octanol–water partition coefficient (Wildman–Crippen LogP) is 2.90. The van der Waals surface area contributed by atoms with Crippen molar-refractivity contribution in [1.82, 2.24) is 0 Å². The highest BCUT2D eigenvalue weighted by molar-refractivity contribution is 4.73. The minimum absolute atomic E-state index is 0.00775. The van der Waals surface area contributed by atoms with Crippen LogP contribution in [0.2, 0.25) is 0 Å². The van der Waals surface area contributed by atoms with Crippen LogP contribution in [-0.4, -0.2) is 30.1 Å². The van der Waals surface area contributed by atoms with Crippen LogP contribution in [0.5, 0.6) is 0 Å². The molecular weight excluding hydrogens is 221 g/mol. The second kappa shape index (κ2) is 5.87. The van der Waals surface area contributed by atoms with Crippen LogP contribution < -0.4 is 0 Å². The fourth-order valence-electron chi connectivity index (χ4n) is 1.85. The molecular formula is C11H19F3O2. The summed E-state index contributed by atoms with van der Waals surface area (Å²) in [5.41, 5.74) is 0. The molecule has 0 aromatic heterocycles. The number of rotatable bonds is 4. The lowest BCUT2D eigenvalue weighted by Gasteiger charge is -2.26. The van der Waals surface area contributed by atoms with Crippen molar-refractivity contribution < 1.29 is 24.4 Å². The molecule has 0 heterocycles. The SMILES string of the molecule is [2H][C@@H](O[C@@H](C)[C@H](O)C(F)(F)F)C1CCCCC1. The van der Waals surface area contributed by atoms with Gasteiger partial charge in [0.25, 0.3) is 0 Å². The van der Waals surface area contributed by atoms with Crippen LogP contribution in [0.3, 0.4) is 0 Å². The number of aliphatic hydroxyl groups is 1. The van der Waals surface area contributed by atoms with E-state index in [1.165, 1.54) is 0 Å². The molecule has 1 aliphatic carbocycles. The molecule has 16 heavy (non-hydrogen) atoms. The highest BCUT2D eigenvalue weighted by Gasteiger charge is 2.42. The van der Waals surface area contributed by atoms with Crippen molar-refractivity contribution in [2.24, 2.45) is 5.92 Å². The number of alkyl halides is 3. The third-order valence-corrected chi connectivity index (χ3v) is 2.92. The first-order valence-electron chi connectivity index (χ1n) is 6.22. The quantitative estimate of drug-likeness (QED) is 0.820. The maximum atomic E-state index is 12.2. The van der Waals surface area contributed by atoms with Crippen molar-refractivity contribution in [3.05, 3.63) is 0 Å². The Hall–Kier alpha value is -0.290. The van der Waals surface area contributed by atoms with E-state index >= 15 is 0 Å². The van der Waals surface area contributed by atoms with Crippen molar-refractivity contribution in [2.75, 3.05) is 6.58 Å². The normalized spacial score (nSPS) is 25.9. The van der Waals surface area contributed by atoms with Gasteiger partial charge in [-0.3, -0.25) is 0 Å². The Balaban J connectivity index is 2.41. The van der Waals surface area contributed by atoms with E-state index in [0.717, 1.165) is 39.0 Å². The summed E-state index contributed by atoms with van der Waals surface area (Å²) < 4.78 is 49.3. The number of hydrogen-bond donors (Lipinski definition) is 1. The average Bonchev–Trinajstić information content (AvgIpc) is 2.27. The molecule has 0 amide bonds. The summed E-state index contributed by atoms with van der Waals surface area (Å²) in [6.45, 7) is 0.185. The number of aliphatic hydroxyl groups excluding tert-OH is 1. The van der Waals surface area contributed by atoms with E-state index in [0.29, 0.717) is 0 Å². The molecule has 0 bridgehead atoms. The molecule has 3 atom stereocenters. The first-order valence-corrected chi connectivity index (χ1v) is 5.65. The molecule has 1 fully saturated rings. The Labute approximate surface area is 95.2 Å². The van der Waals surface area contributed by atoms with Gasteiger partial charge in [-0.2, -0.15) is 13.2 Å². The average molecular weight is 241 g/mol. The van der Waals surface area contributed by atoms with Gasteiger partial charge in [0.15, 0.2) is 6.10 Å². The van der Waals surface area contributed by atoms with E-state index in [-0.39, 0.29) is 5.92 Å². The topological polar surface area (TPSA) is 29.5 Å². The Morgan fingerprint density at radius 2 is 1.94 bits per heavy atom. The smallest absolute Gasteiger partial charge is 0.381 e. The summed E-state index contributed by atoms with van der Waals surface area (Å²) in [6.07, 6.45) is -3.83. The molecule has 1 N–H and O–H groups in total. The van der Waals surface area contributed by atoms with Crippen LogP contribution in [0.4, 0.5) is 13.2 Å². The summed E-state index contributed by atoms with van der Waals surface area (Å²) in [7, 11) is 0. The zero-order valence-electron chi connectivity index (χ0n) is 10.3. The van der Waals surface area contributed by atoms with Crippen LogP contribution in [0, 0.1) is 5.92 Å². The molecule has 0 unspecified atom stereocenters. The Morgan fingerprint density at radius 3 is 2.44 bits per heavy atom. The molecule has 0 aliphatic heterocycles. The van der Waals surface area contributed by atoms with E-state index < -0.39 is 25.0 Å². The lowest BCUT2D eigenvalue weighted by molar-refractivity contribution is -0.235. The standard InChI is InChI=1S/C11H19F3O2/c1-8(10(15)11(12,13)14)16-7-9-5-3-2-4-6-9/h8-10,15H,2-7H2,1H3/t8-,10-/m0/s1/i7D/t7-,8+,10+/m1. The Morgan fingerprint density at radius 1 is 1.38 bits per heavy atom. The van der Waals surface area contributed by atoms with Gasteiger partial charge >= 0.3 is 6.18 Å². The molecule has 5 heteroatoms. The minimum atomic E-state index is -4.69. The van der Waals surface area contributed by atoms with Gasteiger partial charge in [-0.15, -0.1) is 0 Å². The third kappa shape index (κ3) is 4.29. The number of hydrogen-bond acceptors (Lipinski definition) is 2. The highest BCUT2D eigenvalue weighted by atomic mass is 19.4. The van der Waals surface area contributed by atoms with Gasteiger partial charge in [-0.1, -0.05) is 19.3 Å². The largest absolute Gasteiger partial charge is 0.416 e. The van der Waals surface area contributed by atoms with Gasteiger partial charge in [0.05, 0.1) is 7.47 Å². The van der Waals surface area contributed by atoms with E-state index in [2.05, 4.69) is 0 Å². The van der Waals surface area contributed by atoms with Crippen molar-refractivity contribution in [2.45, 2.75) is 57.4 Å². The number of halogens is 3. The van der Waals surface area contributed by atoms with Crippen molar-refractivity contribution in [1.29, 1.82) is 0 Å². The molecule has 0 aromatic carbocycles. The molecule has 0 aromatic rings. The zero-order chi connectivity index (χ0) is 13.1. The molecule has 0 radical (unpaired) electrons. The van der Waals surface area contributed by atoms with Gasteiger partial charge in [0, 0.05) is 6.58 Å². The summed E-state index contributed by atoms with van der Waals surface area (Å²) in [6, 6.07) is 0. The van der Waals surface area contributed by atoms with Crippen molar-refractivity contribution in [3.63, 3.8) is 0 Å². The van der Waals surface area contributed by atoms with Gasteiger partial charge in [0.2, 0.25) is 0 Å². The molecule has 1 saturated carbocycles. The summed E-state index contributed by atoms with van der Waals surface area (Å²) in [4.78, 5) is 0. The monoisotopic (exact) mass is 241 g/mol. The van der Waals surface area contributed by atoms with Crippen LogP contribution in [-0.2, 0) is 4.74 Å². The van der Waals surface area contributed by atoms with Crippen LogP contribution in [0.15, 0.2) is 0 Å². The first kappa shape index (κ1) is 12.2. The predicted molar refractivity (Wildman–Crippen MR) is 54.1 cm³/mol. The van der Waals surface area contributed by atoms with Gasteiger partial charge in [-0.05, 0) is 25.7 Å². The molecule has 96 valence electrons. The first-order chi connectivity index (χ1) is 7.82. The Kier molecular flexibility index (Phi) is 4.46. The second-order valence-electron chi connectivity index (χ2n) is 4.36. The highest BCUT2D eigenvalue weighted by Crippen LogP contribution is 2.27. The third-order valence-electron chi connectivity index (χ3n) is 2.92. The molecule has 1 rings (SSSR count). The summed E-state index contributed by atoms with van der Waals surface area (Å²) >= 11 is 0. The molecule has 0 spiro atoms. The molecule has 1 aliphatic rings. The van der Waals surface area contributed by atoms with E-state index in [1.807, 2.05) is 0 Å². The maximum absolute atomic E-state index is 12.2. The number of ether oxygens (including phenoxy) is 1. The van der Waals surface area contributed by atoms with E-state index in [9.17, 15) is 13.2 Å². The van der Waals surface area contributed by atoms with Gasteiger partial charge < -0.3 is 9.84 Å². The summed E-state index contributed by atoms with van der Waals surface area (Å²) in [5, 5.41) is 8.97. The van der Waals surface area contributed by atoms with Crippen LogP contribution in [0.1, 0.15) is 40.4 Å². The maximum Gasteiger partial charge on any atom is 0.416 e. The fraction of sp³-hybridized carbons (Fsp3) is 1.00. The van der Waals surface area contributed by atoms with Gasteiger partial charge in [-0.25, -0.2) is 0 Å². The van der Waals surface area contributed by atoms with Crippen molar-refractivity contribution >= 4 is 0 Å². The lowest BCUT2D eigenvalue weighted by Crippen LogP contribution is -2.40. The van der Waals surface area contributed by atoms with E-state index in [1.54, 1.807) is 0 Å². The second-order valence-corrected chi connectivity index (χ2v) is 4.36. The summed E-state index contributed by atoms with van der Waals surface area (Å²) in [5.74, 6) is -0.00775. The van der Waals surface area contributed by atoms with Gasteiger partial charge in [0.1, 0.15) is 0 Å². The minimum Gasteiger partial charge on any atom is -0.381 e. The molecule has 0 saturated heterocycles. The Bertz CT molecular complexity index is 229.